The molecule has 10 heteroatoms. The average Bonchev–Trinajstić information content (AvgIpc) is 2.81. The highest BCUT2D eigenvalue weighted by molar-refractivity contribution is 7.98. The summed E-state index contributed by atoms with van der Waals surface area (Å²) in [6.45, 7) is 2.83. The van der Waals surface area contributed by atoms with Crippen molar-refractivity contribution in [1.82, 2.24) is 9.97 Å². The number of nitrogens with two attached hydrogens (primary N) is 1. The Kier molecular flexibility index (Phi) is 6.99. The van der Waals surface area contributed by atoms with Crippen LogP contribution in [0.2, 0.25) is 5.15 Å². The molecule has 0 bridgehead atoms. The number of nitrogens with zero attached hydrogens (tertiary/aromatic N) is 3. The first-order chi connectivity index (χ1) is 15.5. The van der Waals surface area contributed by atoms with Gasteiger partial charge < -0.3 is 26.0 Å². The van der Waals surface area contributed by atoms with Crippen molar-refractivity contribution in [3.63, 3.8) is 0 Å². The summed E-state index contributed by atoms with van der Waals surface area (Å²) < 4.78 is 5.46. The largest absolute Gasteiger partial charge is 0.399 e. The van der Waals surface area contributed by atoms with Crippen molar-refractivity contribution in [2.75, 3.05) is 53.8 Å². The van der Waals surface area contributed by atoms with Crippen LogP contribution in [0.4, 0.5) is 27.7 Å². The quantitative estimate of drug-likeness (QED) is 0.284. The number of aromatic nitrogens is 2. The Morgan fingerprint density at radius 3 is 2.22 bits per heavy atom. The fraction of sp³-hybridized carbons (Fsp3) is 0.227. The Hall–Kier alpha value is -3.01. The van der Waals surface area contributed by atoms with E-state index in [-0.39, 0.29) is 6.03 Å². The lowest BCUT2D eigenvalue weighted by molar-refractivity contribution is 0.122. The number of carbonyl (C=O) groups is 1. The molecule has 0 saturated carbocycles. The summed E-state index contributed by atoms with van der Waals surface area (Å²) in [7, 11) is 0. The molecule has 2 amide bonds. The van der Waals surface area contributed by atoms with Gasteiger partial charge in [-0.15, -0.1) is 11.8 Å². The van der Waals surface area contributed by atoms with Crippen LogP contribution in [0, 0.1) is 0 Å². The molecule has 32 heavy (non-hydrogen) atoms. The molecule has 1 saturated heterocycles. The van der Waals surface area contributed by atoms with Crippen LogP contribution in [0.15, 0.2) is 53.4 Å². The first-order valence-corrected chi connectivity index (χ1v) is 11.6. The second-order valence-corrected chi connectivity index (χ2v) is 8.25. The van der Waals surface area contributed by atoms with Gasteiger partial charge in [-0.25, -0.2) is 14.8 Å². The van der Waals surface area contributed by atoms with E-state index in [0.29, 0.717) is 41.3 Å². The Morgan fingerprint density at radius 1 is 1.03 bits per heavy atom. The number of hydrogen-bond donors (Lipinski definition) is 3. The van der Waals surface area contributed by atoms with E-state index >= 15 is 0 Å². The number of ether oxygens (including phenoxy) is 1. The summed E-state index contributed by atoms with van der Waals surface area (Å²) in [6.07, 6.45) is 1.96. The number of urea groups is 1. The molecular weight excluding hydrogens is 448 g/mol. The van der Waals surface area contributed by atoms with Crippen molar-refractivity contribution >= 4 is 52.3 Å². The predicted molar refractivity (Wildman–Crippen MR) is 131 cm³/mol. The predicted octanol–water partition coefficient (Wildman–Crippen LogP) is 4.58. The van der Waals surface area contributed by atoms with Crippen LogP contribution in [0.1, 0.15) is 0 Å². The SMILES string of the molecule is CSc1c(Cl)nc(-c2ccc(NC(=O)Nc3ccc(N)cc3)cc2)nc1N1CCOCC1. The van der Waals surface area contributed by atoms with Crippen LogP contribution < -0.4 is 21.3 Å². The fourth-order valence-corrected chi connectivity index (χ4v) is 4.24. The van der Waals surface area contributed by atoms with Gasteiger partial charge in [-0.1, -0.05) is 11.6 Å². The Bertz CT molecular complexity index is 1090. The summed E-state index contributed by atoms with van der Waals surface area (Å²) in [4.78, 5) is 24.6. The van der Waals surface area contributed by atoms with Gasteiger partial charge >= 0.3 is 6.03 Å². The maximum atomic E-state index is 12.2. The highest BCUT2D eigenvalue weighted by atomic mass is 35.5. The molecule has 1 fully saturated rings. The molecule has 0 atom stereocenters. The zero-order valence-electron chi connectivity index (χ0n) is 17.5. The maximum Gasteiger partial charge on any atom is 0.323 e. The summed E-state index contributed by atoms with van der Waals surface area (Å²) in [5, 5.41) is 5.99. The average molecular weight is 471 g/mol. The van der Waals surface area contributed by atoms with Gasteiger partial charge in [0, 0.05) is 35.7 Å². The number of anilines is 4. The normalized spacial score (nSPS) is 13.6. The third kappa shape index (κ3) is 5.24. The van der Waals surface area contributed by atoms with Gasteiger partial charge in [0.05, 0.1) is 18.1 Å². The van der Waals surface area contributed by atoms with E-state index in [9.17, 15) is 4.79 Å². The van der Waals surface area contributed by atoms with Crippen molar-refractivity contribution in [3.8, 4) is 11.4 Å². The maximum absolute atomic E-state index is 12.2. The Labute approximate surface area is 195 Å². The number of thioether (sulfide) groups is 1. The topological polar surface area (TPSA) is 105 Å². The second kappa shape index (κ2) is 10.1. The van der Waals surface area contributed by atoms with Gasteiger partial charge in [0.15, 0.2) is 5.82 Å². The van der Waals surface area contributed by atoms with E-state index in [1.165, 1.54) is 11.8 Å². The molecule has 3 aromatic rings. The zero-order chi connectivity index (χ0) is 22.5. The fourth-order valence-electron chi connectivity index (χ4n) is 3.27. The van der Waals surface area contributed by atoms with Gasteiger partial charge in [0.25, 0.3) is 0 Å². The van der Waals surface area contributed by atoms with Gasteiger partial charge in [-0.2, -0.15) is 0 Å². The third-order valence-electron chi connectivity index (χ3n) is 4.89. The molecule has 0 aliphatic carbocycles. The van der Waals surface area contributed by atoms with E-state index in [2.05, 4.69) is 20.5 Å². The van der Waals surface area contributed by atoms with Crippen LogP contribution in [0.5, 0.6) is 0 Å². The van der Waals surface area contributed by atoms with Crippen LogP contribution in [-0.2, 0) is 4.74 Å². The molecule has 0 spiro atoms. The molecule has 4 N–H and O–H groups in total. The van der Waals surface area contributed by atoms with Crippen molar-refractivity contribution in [1.29, 1.82) is 0 Å². The first-order valence-electron chi connectivity index (χ1n) is 10.0. The number of rotatable bonds is 5. The van der Waals surface area contributed by atoms with Crippen molar-refractivity contribution in [2.24, 2.45) is 0 Å². The van der Waals surface area contributed by atoms with Crippen LogP contribution in [0.25, 0.3) is 11.4 Å². The summed E-state index contributed by atoms with van der Waals surface area (Å²) >= 11 is 8.02. The number of amides is 2. The number of benzene rings is 2. The summed E-state index contributed by atoms with van der Waals surface area (Å²) in [5.41, 5.74) is 8.40. The number of morpholine rings is 1. The molecule has 0 unspecified atom stereocenters. The first kappa shape index (κ1) is 22.2. The number of nitrogens with one attached hydrogen (secondary N) is 2. The standard InChI is InChI=1S/C22H23ClN6O2S/c1-32-18-19(23)27-20(28-21(18)29-10-12-31-13-11-29)14-2-6-16(7-3-14)25-22(30)26-17-8-4-15(24)5-9-17/h2-9H,10-13,24H2,1H3,(H2,25,26,30). The van der Waals surface area contributed by atoms with Gasteiger partial charge in [0.2, 0.25) is 0 Å². The van der Waals surface area contributed by atoms with E-state index in [0.717, 1.165) is 29.4 Å². The zero-order valence-corrected chi connectivity index (χ0v) is 19.0. The molecule has 2 heterocycles. The van der Waals surface area contributed by atoms with Crippen molar-refractivity contribution in [2.45, 2.75) is 4.90 Å². The molecule has 2 aromatic carbocycles. The van der Waals surface area contributed by atoms with Gasteiger partial charge in [-0.05, 0) is 54.8 Å². The van der Waals surface area contributed by atoms with Crippen molar-refractivity contribution < 1.29 is 9.53 Å². The minimum Gasteiger partial charge on any atom is -0.399 e. The van der Waals surface area contributed by atoms with Gasteiger partial charge in [-0.3, -0.25) is 0 Å². The van der Waals surface area contributed by atoms with E-state index in [1.807, 2.05) is 18.4 Å². The number of halogens is 1. The molecule has 4 rings (SSSR count). The Morgan fingerprint density at radius 2 is 1.62 bits per heavy atom. The molecule has 1 aliphatic rings. The smallest absolute Gasteiger partial charge is 0.323 e. The van der Waals surface area contributed by atoms with Crippen molar-refractivity contribution in [3.05, 3.63) is 53.7 Å². The number of nitrogen functional groups attached to an aromatic ring is 1. The molecule has 166 valence electrons. The second-order valence-electron chi connectivity index (χ2n) is 7.07. The number of hydrogen-bond acceptors (Lipinski definition) is 7. The Balaban J connectivity index is 1.50. The third-order valence-corrected chi connectivity index (χ3v) is 6.06. The minimum atomic E-state index is -0.347. The molecule has 1 aliphatic heterocycles. The lowest BCUT2D eigenvalue weighted by atomic mass is 10.2. The lowest BCUT2D eigenvalue weighted by Crippen LogP contribution is -2.37. The monoisotopic (exact) mass is 470 g/mol. The van der Waals surface area contributed by atoms with Crippen LogP contribution >= 0.6 is 23.4 Å². The minimum absolute atomic E-state index is 0.347. The molecule has 0 radical (unpaired) electrons. The van der Waals surface area contributed by atoms with E-state index in [4.69, 9.17) is 27.1 Å². The summed E-state index contributed by atoms with van der Waals surface area (Å²) in [5.74, 6) is 1.35. The summed E-state index contributed by atoms with van der Waals surface area (Å²) in [6, 6.07) is 13.9. The van der Waals surface area contributed by atoms with Crippen LogP contribution in [0.3, 0.4) is 0 Å². The van der Waals surface area contributed by atoms with Crippen LogP contribution in [-0.4, -0.2) is 48.6 Å². The molecular formula is C22H23ClN6O2S. The highest BCUT2D eigenvalue weighted by Crippen LogP contribution is 2.35. The molecule has 1 aromatic heterocycles. The van der Waals surface area contributed by atoms with Gasteiger partial charge in [0.1, 0.15) is 11.0 Å². The lowest BCUT2D eigenvalue weighted by Gasteiger charge is -2.29. The van der Waals surface area contributed by atoms with E-state index < -0.39 is 0 Å². The van der Waals surface area contributed by atoms with E-state index in [1.54, 1.807) is 36.4 Å². The number of carbonyl (C=O) groups excluding carboxylic acids is 1. The molecule has 8 nitrogen and oxygen atoms in total. The highest BCUT2D eigenvalue weighted by Gasteiger charge is 2.21.